The third-order valence-electron chi connectivity index (χ3n) is 3.16. The molecule has 0 aliphatic carbocycles. The average molecular weight is 267 g/mol. The monoisotopic (exact) mass is 267 g/mol. The largest absolute Gasteiger partial charge is 0.479 e. The van der Waals surface area contributed by atoms with Crippen molar-refractivity contribution in [1.29, 1.82) is 0 Å². The summed E-state index contributed by atoms with van der Waals surface area (Å²) in [6.07, 6.45) is -3.23. The zero-order valence-electron chi connectivity index (χ0n) is 10.4. The van der Waals surface area contributed by atoms with E-state index >= 15 is 0 Å². The minimum atomic E-state index is -1.81. The van der Waals surface area contributed by atoms with Crippen LogP contribution in [-0.2, 0) is 9.53 Å². The van der Waals surface area contributed by atoms with Gasteiger partial charge in [-0.1, -0.05) is 12.1 Å². The van der Waals surface area contributed by atoms with Gasteiger partial charge in [-0.05, 0) is 17.7 Å². The second kappa shape index (κ2) is 6.01. The molecule has 1 aromatic carbocycles. The zero-order valence-corrected chi connectivity index (χ0v) is 10.4. The highest BCUT2D eigenvalue weighted by Gasteiger charge is 2.25. The second-order valence-corrected chi connectivity index (χ2v) is 4.42. The van der Waals surface area contributed by atoms with Gasteiger partial charge in [0.2, 0.25) is 0 Å². The molecule has 0 amide bonds. The molecule has 6 nitrogen and oxygen atoms in total. The van der Waals surface area contributed by atoms with Crippen molar-refractivity contribution in [3.8, 4) is 0 Å². The van der Waals surface area contributed by atoms with Gasteiger partial charge < -0.3 is 25.0 Å². The molecule has 2 rings (SSSR count). The Morgan fingerprint density at radius 3 is 2.26 bits per heavy atom. The van der Waals surface area contributed by atoms with Crippen LogP contribution in [0.1, 0.15) is 11.7 Å². The molecule has 1 aliphatic rings. The number of aliphatic hydroxyl groups excluding tert-OH is 2. The molecule has 1 heterocycles. The molecule has 104 valence electrons. The van der Waals surface area contributed by atoms with Crippen LogP contribution in [0, 0.1) is 0 Å². The van der Waals surface area contributed by atoms with Gasteiger partial charge in [-0.3, -0.25) is 0 Å². The Morgan fingerprint density at radius 1 is 1.16 bits per heavy atom. The SMILES string of the molecule is O=C(O)C(O)C(O)c1ccc(N2CCOCC2)cc1. The fourth-order valence-corrected chi connectivity index (χ4v) is 2.02. The lowest BCUT2D eigenvalue weighted by Gasteiger charge is -2.29. The van der Waals surface area contributed by atoms with Crippen LogP contribution in [0.3, 0.4) is 0 Å². The van der Waals surface area contributed by atoms with Gasteiger partial charge in [-0.2, -0.15) is 0 Å². The molecule has 2 unspecified atom stereocenters. The van der Waals surface area contributed by atoms with Crippen molar-refractivity contribution in [1.82, 2.24) is 0 Å². The number of carbonyl (C=O) groups is 1. The van der Waals surface area contributed by atoms with Crippen LogP contribution in [0.2, 0.25) is 0 Å². The van der Waals surface area contributed by atoms with E-state index in [0.717, 1.165) is 18.8 Å². The molecule has 1 aromatic rings. The van der Waals surface area contributed by atoms with E-state index in [1.165, 1.54) is 0 Å². The highest BCUT2D eigenvalue weighted by Crippen LogP contribution is 2.22. The highest BCUT2D eigenvalue weighted by atomic mass is 16.5. The quantitative estimate of drug-likeness (QED) is 0.711. The molecule has 0 saturated carbocycles. The Balaban J connectivity index is 2.07. The fourth-order valence-electron chi connectivity index (χ4n) is 2.02. The molecule has 6 heteroatoms. The molecule has 0 spiro atoms. The number of benzene rings is 1. The second-order valence-electron chi connectivity index (χ2n) is 4.42. The maximum atomic E-state index is 10.6. The predicted octanol–water partition coefficient (Wildman–Crippen LogP) is 0.00210. The number of hydrogen-bond donors (Lipinski definition) is 3. The van der Waals surface area contributed by atoms with E-state index in [9.17, 15) is 15.0 Å². The molecule has 19 heavy (non-hydrogen) atoms. The minimum absolute atomic E-state index is 0.381. The van der Waals surface area contributed by atoms with E-state index in [1.54, 1.807) is 24.3 Å². The molecule has 0 aromatic heterocycles. The van der Waals surface area contributed by atoms with Crippen molar-refractivity contribution in [3.05, 3.63) is 29.8 Å². The first-order chi connectivity index (χ1) is 9.09. The summed E-state index contributed by atoms with van der Waals surface area (Å²) in [6, 6.07) is 6.86. The Bertz CT molecular complexity index is 427. The van der Waals surface area contributed by atoms with E-state index in [-0.39, 0.29) is 0 Å². The summed E-state index contributed by atoms with van der Waals surface area (Å²) < 4.78 is 5.26. The van der Waals surface area contributed by atoms with Crippen LogP contribution >= 0.6 is 0 Å². The maximum Gasteiger partial charge on any atom is 0.335 e. The average Bonchev–Trinajstić information content (AvgIpc) is 2.46. The number of anilines is 1. The van der Waals surface area contributed by atoms with Crippen molar-refractivity contribution < 1.29 is 24.9 Å². The number of morpholine rings is 1. The third kappa shape index (κ3) is 3.23. The van der Waals surface area contributed by atoms with Crippen LogP contribution in [0.15, 0.2) is 24.3 Å². The van der Waals surface area contributed by atoms with E-state index in [2.05, 4.69) is 4.90 Å². The minimum Gasteiger partial charge on any atom is -0.479 e. The van der Waals surface area contributed by atoms with Crippen LogP contribution in [0.25, 0.3) is 0 Å². The summed E-state index contributed by atoms with van der Waals surface area (Å²) in [6.45, 7) is 2.98. The smallest absolute Gasteiger partial charge is 0.335 e. The van der Waals surface area contributed by atoms with Crippen LogP contribution in [0.5, 0.6) is 0 Å². The standard InChI is InChI=1S/C13H17NO5/c15-11(12(16)13(17)18)9-1-3-10(4-2-9)14-5-7-19-8-6-14/h1-4,11-12,15-16H,5-8H2,(H,17,18). The van der Waals surface area contributed by atoms with Gasteiger partial charge in [-0.15, -0.1) is 0 Å². The number of ether oxygens (including phenoxy) is 1. The van der Waals surface area contributed by atoms with Crippen molar-refractivity contribution in [2.24, 2.45) is 0 Å². The molecule has 1 fully saturated rings. The van der Waals surface area contributed by atoms with E-state index < -0.39 is 18.2 Å². The van der Waals surface area contributed by atoms with E-state index in [0.29, 0.717) is 18.8 Å². The Kier molecular flexibility index (Phi) is 4.36. The lowest BCUT2D eigenvalue weighted by Crippen LogP contribution is -2.36. The molecular weight excluding hydrogens is 250 g/mol. The number of carboxylic acid groups (broad SMARTS) is 1. The Morgan fingerprint density at radius 2 is 1.74 bits per heavy atom. The first kappa shape index (κ1) is 13.8. The molecule has 2 atom stereocenters. The van der Waals surface area contributed by atoms with Gasteiger partial charge in [0, 0.05) is 18.8 Å². The number of carboxylic acids is 1. The van der Waals surface area contributed by atoms with Crippen LogP contribution in [0.4, 0.5) is 5.69 Å². The number of aliphatic hydroxyl groups is 2. The summed E-state index contributed by atoms with van der Waals surface area (Å²) >= 11 is 0. The van der Waals surface area contributed by atoms with Crippen molar-refractivity contribution >= 4 is 11.7 Å². The van der Waals surface area contributed by atoms with Crippen molar-refractivity contribution in [2.75, 3.05) is 31.2 Å². The van der Waals surface area contributed by atoms with Gasteiger partial charge in [0.05, 0.1) is 13.2 Å². The Labute approximate surface area is 110 Å². The normalized spacial score (nSPS) is 18.9. The predicted molar refractivity (Wildman–Crippen MR) is 68.1 cm³/mol. The molecule has 3 N–H and O–H groups in total. The van der Waals surface area contributed by atoms with E-state index in [4.69, 9.17) is 9.84 Å². The molecular formula is C13H17NO5. The third-order valence-corrected chi connectivity index (χ3v) is 3.16. The first-order valence-electron chi connectivity index (χ1n) is 6.11. The van der Waals surface area contributed by atoms with Gasteiger partial charge in [0.1, 0.15) is 6.10 Å². The highest BCUT2D eigenvalue weighted by molar-refractivity contribution is 5.73. The van der Waals surface area contributed by atoms with E-state index in [1.807, 2.05) is 0 Å². The number of rotatable bonds is 4. The van der Waals surface area contributed by atoms with Gasteiger partial charge in [-0.25, -0.2) is 4.79 Å². The number of aliphatic carboxylic acids is 1. The summed E-state index contributed by atoms with van der Waals surface area (Å²) in [7, 11) is 0. The fraction of sp³-hybridized carbons (Fsp3) is 0.462. The van der Waals surface area contributed by atoms with Gasteiger partial charge >= 0.3 is 5.97 Å². The maximum absolute atomic E-state index is 10.6. The first-order valence-corrected chi connectivity index (χ1v) is 6.11. The zero-order chi connectivity index (χ0) is 13.8. The number of nitrogens with zero attached hydrogens (tertiary/aromatic N) is 1. The summed E-state index contributed by atoms with van der Waals surface area (Å²) in [5, 5.41) is 27.6. The molecule has 0 radical (unpaired) electrons. The lowest BCUT2D eigenvalue weighted by molar-refractivity contribution is -0.153. The van der Waals surface area contributed by atoms with Crippen LogP contribution in [-0.4, -0.2) is 53.7 Å². The summed E-state index contributed by atoms with van der Waals surface area (Å²) in [5.41, 5.74) is 1.37. The van der Waals surface area contributed by atoms with Gasteiger partial charge in [0.25, 0.3) is 0 Å². The summed E-state index contributed by atoms with van der Waals surface area (Å²) in [5.74, 6) is -1.44. The molecule has 1 aliphatic heterocycles. The molecule has 1 saturated heterocycles. The molecule has 0 bridgehead atoms. The topological polar surface area (TPSA) is 90.2 Å². The van der Waals surface area contributed by atoms with Crippen molar-refractivity contribution in [3.63, 3.8) is 0 Å². The van der Waals surface area contributed by atoms with Crippen LogP contribution < -0.4 is 4.90 Å². The lowest BCUT2D eigenvalue weighted by atomic mass is 10.0. The number of hydrogen-bond acceptors (Lipinski definition) is 5. The summed E-state index contributed by atoms with van der Waals surface area (Å²) in [4.78, 5) is 12.7. The van der Waals surface area contributed by atoms with Crippen molar-refractivity contribution in [2.45, 2.75) is 12.2 Å². The van der Waals surface area contributed by atoms with Gasteiger partial charge in [0.15, 0.2) is 6.10 Å². The Hall–Kier alpha value is -1.63.